The predicted molar refractivity (Wildman–Crippen MR) is 58.2 cm³/mol. The third-order valence-corrected chi connectivity index (χ3v) is 2.69. The quantitative estimate of drug-likeness (QED) is 0.705. The number of rotatable bonds is 2. The molecule has 1 aliphatic rings. The van der Waals surface area contributed by atoms with Gasteiger partial charge in [-0.2, -0.15) is 0 Å². The summed E-state index contributed by atoms with van der Waals surface area (Å²) >= 11 is 0. The van der Waals surface area contributed by atoms with Crippen molar-refractivity contribution in [2.24, 2.45) is 0 Å². The molecule has 1 aromatic carbocycles. The minimum absolute atomic E-state index is 0. The molecule has 0 aromatic heterocycles. The molecule has 2 heteroatoms. The van der Waals surface area contributed by atoms with E-state index in [-0.39, 0.29) is 12.4 Å². The summed E-state index contributed by atoms with van der Waals surface area (Å²) in [5, 5.41) is 0. The zero-order valence-electron chi connectivity index (χ0n) is 7.94. The van der Waals surface area contributed by atoms with Crippen molar-refractivity contribution in [1.82, 2.24) is 4.90 Å². The molecular formula is C11H16ClN. The van der Waals surface area contributed by atoms with Crippen LogP contribution in [-0.2, 0) is 6.54 Å². The fourth-order valence-corrected chi connectivity index (χ4v) is 1.62. The highest BCUT2D eigenvalue weighted by Gasteiger charge is 2.22. The average Bonchev–Trinajstić information content (AvgIpc) is 2.14. The highest BCUT2D eigenvalue weighted by molar-refractivity contribution is 5.85. The van der Waals surface area contributed by atoms with Crippen molar-refractivity contribution < 1.29 is 0 Å². The van der Waals surface area contributed by atoms with Crippen LogP contribution in [0.3, 0.4) is 0 Å². The Morgan fingerprint density at radius 3 is 2.46 bits per heavy atom. The highest BCUT2D eigenvalue weighted by atomic mass is 35.5. The summed E-state index contributed by atoms with van der Waals surface area (Å²) in [6.07, 6.45) is 1.37. The fraction of sp³-hybridized carbons (Fsp3) is 0.455. The van der Waals surface area contributed by atoms with Crippen molar-refractivity contribution in [3.05, 3.63) is 35.9 Å². The van der Waals surface area contributed by atoms with Crippen LogP contribution in [0.1, 0.15) is 18.9 Å². The lowest BCUT2D eigenvalue weighted by atomic mass is 10.0. The van der Waals surface area contributed by atoms with Crippen molar-refractivity contribution in [3.63, 3.8) is 0 Å². The van der Waals surface area contributed by atoms with E-state index in [4.69, 9.17) is 0 Å². The Kier molecular flexibility index (Phi) is 3.76. The van der Waals surface area contributed by atoms with E-state index in [0.717, 1.165) is 12.6 Å². The molecule has 1 heterocycles. The van der Waals surface area contributed by atoms with Gasteiger partial charge in [-0.25, -0.2) is 0 Å². The molecule has 72 valence electrons. The molecular weight excluding hydrogens is 182 g/mol. The zero-order chi connectivity index (χ0) is 8.39. The normalized spacial score (nSPS) is 21.8. The summed E-state index contributed by atoms with van der Waals surface area (Å²) in [6.45, 7) is 4.70. The smallest absolute Gasteiger partial charge is 0.0236 e. The SMILES string of the molecule is CC1CCN1Cc1ccccc1.Cl. The van der Waals surface area contributed by atoms with Gasteiger partial charge in [-0.3, -0.25) is 4.90 Å². The molecule has 1 saturated heterocycles. The molecule has 1 atom stereocenters. The monoisotopic (exact) mass is 197 g/mol. The Morgan fingerprint density at radius 2 is 2.00 bits per heavy atom. The van der Waals surface area contributed by atoms with Crippen LogP contribution in [0.15, 0.2) is 30.3 Å². The lowest BCUT2D eigenvalue weighted by molar-refractivity contribution is 0.0959. The molecule has 0 amide bonds. The fourth-order valence-electron chi connectivity index (χ4n) is 1.62. The predicted octanol–water partition coefficient (Wildman–Crippen LogP) is 2.70. The summed E-state index contributed by atoms with van der Waals surface area (Å²) in [6, 6.07) is 11.5. The standard InChI is InChI=1S/C11H15N.ClH/c1-10-7-8-12(10)9-11-5-3-2-4-6-11;/h2-6,10H,7-9H2,1H3;1H. The molecule has 1 unspecified atom stereocenters. The molecule has 2 rings (SSSR count). The second kappa shape index (κ2) is 4.64. The number of likely N-dealkylation sites (tertiary alicyclic amines) is 1. The van der Waals surface area contributed by atoms with Gasteiger partial charge in [0.25, 0.3) is 0 Å². The third kappa shape index (κ3) is 2.45. The van der Waals surface area contributed by atoms with E-state index in [0.29, 0.717) is 0 Å². The van der Waals surface area contributed by atoms with Crippen LogP contribution < -0.4 is 0 Å². The van der Waals surface area contributed by atoms with Gasteiger partial charge in [-0.05, 0) is 18.9 Å². The van der Waals surface area contributed by atoms with Crippen LogP contribution in [0, 0.1) is 0 Å². The van der Waals surface area contributed by atoms with Crippen LogP contribution in [0.2, 0.25) is 0 Å². The number of halogens is 1. The molecule has 1 nitrogen and oxygen atoms in total. The molecule has 0 saturated carbocycles. The van der Waals surface area contributed by atoms with Gasteiger partial charge in [-0.15, -0.1) is 12.4 Å². The average molecular weight is 198 g/mol. The zero-order valence-corrected chi connectivity index (χ0v) is 8.76. The lowest BCUT2D eigenvalue weighted by Crippen LogP contribution is -2.44. The first kappa shape index (κ1) is 10.6. The van der Waals surface area contributed by atoms with Crippen molar-refractivity contribution >= 4 is 12.4 Å². The van der Waals surface area contributed by atoms with Crippen molar-refractivity contribution in [3.8, 4) is 0 Å². The van der Waals surface area contributed by atoms with Gasteiger partial charge in [-0.1, -0.05) is 30.3 Å². The second-order valence-corrected chi connectivity index (χ2v) is 3.59. The third-order valence-electron chi connectivity index (χ3n) is 2.69. The summed E-state index contributed by atoms with van der Waals surface area (Å²) in [5.74, 6) is 0. The number of benzene rings is 1. The van der Waals surface area contributed by atoms with Crippen molar-refractivity contribution in [1.29, 1.82) is 0 Å². The van der Waals surface area contributed by atoms with Crippen LogP contribution in [0.4, 0.5) is 0 Å². The Labute approximate surface area is 86.2 Å². The first-order valence-corrected chi connectivity index (χ1v) is 4.64. The van der Waals surface area contributed by atoms with E-state index < -0.39 is 0 Å². The number of hydrogen-bond donors (Lipinski definition) is 0. The number of nitrogens with zero attached hydrogens (tertiary/aromatic N) is 1. The number of hydrogen-bond acceptors (Lipinski definition) is 1. The maximum Gasteiger partial charge on any atom is 0.0236 e. The summed E-state index contributed by atoms with van der Waals surface area (Å²) in [5.41, 5.74) is 1.43. The van der Waals surface area contributed by atoms with Crippen molar-refractivity contribution in [2.45, 2.75) is 25.9 Å². The molecule has 1 aliphatic heterocycles. The van der Waals surface area contributed by atoms with Crippen LogP contribution in [-0.4, -0.2) is 17.5 Å². The van der Waals surface area contributed by atoms with Crippen LogP contribution >= 0.6 is 12.4 Å². The Balaban J connectivity index is 0.000000845. The van der Waals surface area contributed by atoms with E-state index in [1.165, 1.54) is 18.5 Å². The maximum atomic E-state index is 2.51. The van der Waals surface area contributed by atoms with E-state index in [1.807, 2.05) is 0 Å². The van der Waals surface area contributed by atoms with E-state index in [1.54, 1.807) is 0 Å². The van der Waals surface area contributed by atoms with Gasteiger partial charge in [0.1, 0.15) is 0 Å². The summed E-state index contributed by atoms with van der Waals surface area (Å²) in [4.78, 5) is 2.51. The first-order valence-electron chi connectivity index (χ1n) is 4.64. The molecule has 1 fully saturated rings. The van der Waals surface area contributed by atoms with E-state index in [9.17, 15) is 0 Å². The molecule has 0 N–H and O–H groups in total. The molecule has 0 aliphatic carbocycles. The van der Waals surface area contributed by atoms with Crippen molar-refractivity contribution in [2.75, 3.05) is 6.54 Å². The molecule has 13 heavy (non-hydrogen) atoms. The Bertz CT molecular complexity index is 248. The minimum atomic E-state index is 0. The summed E-state index contributed by atoms with van der Waals surface area (Å²) < 4.78 is 0. The van der Waals surface area contributed by atoms with Crippen LogP contribution in [0.5, 0.6) is 0 Å². The first-order chi connectivity index (χ1) is 5.86. The van der Waals surface area contributed by atoms with Gasteiger partial charge >= 0.3 is 0 Å². The lowest BCUT2D eigenvalue weighted by Gasteiger charge is -2.38. The van der Waals surface area contributed by atoms with Gasteiger partial charge in [0.15, 0.2) is 0 Å². The maximum absolute atomic E-state index is 2.51. The molecule has 0 spiro atoms. The summed E-state index contributed by atoms with van der Waals surface area (Å²) in [7, 11) is 0. The molecule has 0 radical (unpaired) electrons. The minimum Gasteiger partial charge on any atom is -0.296 e. The van der Waals surface area contributed by atoms with Gasteiger partial charge in [0.2, 0.25) is 0 Å². The van der Waals surface area contributed by atoms with E-state index in [2.05, 4.69) is 42.2 Å². The van der Waals surface area contributed by atoms with Gasteiger partial charge < -0.3 is 0 Å². The van der Waals surface area contributed by atoms with Crippen LogP contribution in [0.25, 0.3) is 0 Å². The Morgan fingerprint density at radius 1 is 1.31 bits per heavy atom. The molecule has 0 bridgehead atoms. The second-order valence-electron chi connectivity index (χ2n) is 3.59. The topological polar surface area (TPSA) is 3.24 Å². The Hall–Kier alpha value is -0.530. The van der Waals surface area contributed by atoms with E-state index >= 15 is 0 Å². The largest absolute Gasteiger partial charge is 0.296 e. The highest BCUT2D eigenvalue weighted by Crippen LogP contribution is 2.19. The van der Waals surface area contributed by atoms with Gasteiger partial charge in [0, 0.05) is 19.1 Å². The van der Waals surface area contributed by atoms with Gasteiger partial charge in [0.05, 0.1) is 0 Å². The molecule has 1 aromatic rings.